The molecule has 0 fully saturated rings. The number of rotatable bonds is 6. The molecule has 2 heterocycles. The van der Waals surface area contributed by atoms with Crippen molar-refractivity contribution in [2.45, 2.75) is 12.5 Å². The van der Waals surface area contributed by atoms with E-state index in [9.17, 15) is 0 Å². The molecular weight excluding hydrogens is 717 g/mol. The van der Waals surface area contributed by atoms with Crippen LogP contribution in [0.25, 0.3) is 62.8 Å². The molecule has 0 radical (unpaired) electrons. The molecule has 4 heteroatoms. The number of fused-ring (bicyclic) bond motifs is 6. The molecule has 1 unspecified atom stereocenters. The summed E-state index contributed by atoms with van der Waals surface area (Å²) in [7, 11) is 0. The molecule has 0 amide bonds. The first-order valence-corrected chi connectivity index (χ1v) is 20.9. The standard InChI is InChI=1S/C52H34N2S2/c1-3-13-35(14-4-1)53(45-21-11-19-39-37-17-7-9-23-47(37)55-51(39)45)43-31-27-33-26-30-42-44(32-28-34-25-29-41(43)49(33)50(34)42)54(36-15-5-2-6-16-36)46-22-12-20-40-38-18-8-10-24-48(38)56-52(40)46/h1-25,27-32,44H,26H2. The number of thiophene rings is 2. The third kappa shape index (κ3) is 4.73. The highest BCUT2D eigenvalue weighted by molar-refractivity contribution is 7.26. The van der Waals surface area contributed by atoms with Crippen molar-refractivity contribution in [3.05, 3.63) is 199 Å². The molecule has 2 aliphatic carbocycles. The van der Waals surface area contributed by atoms with Crippen molar-refractivity contribution in [1.29, 1.82) is 0 Å². The Kier molecular flexibility index (Phi) is 7.13. The normalized spacial score (nSPS) is 14.6. The summed E-state index contributed by atoms with van der Waals surface area (Å²) in [5.41, 5.74) is 11.4. The van der Waals surface area contributed by atoms with E-state index in [4.69, 9.17) is 0 Å². The van der Waals surface area contributed by atoms with Crippen molar-refractivity contribution in [2.24, 2.45) is 0 Å². The third-order valence-corrected chi connectivity index (χ3v) is 14.1. The van der Waals surface area contributed by atoms with Crippen LogP contribution in [-0.4, -0.2) is 6.04 Å². The maximum absolute atomic E-state index is 2.58. The fourth-order valence-electron chi connectivity index (χ4n) is 9.30. The van der Waals surface area contributed by atoms with Gasteiger partial charge >= 0.3 is 0 Å². The minimum absolute atomic E-state index is 0.0145. The quantitative estimate of drug-likeness (QED) is 0.167. The summed E-state index contributed by atoms with van der Waals surface area (Å²) in [5.74, 6) is 0. The Labute approximate surface area is 333 Å². The molecule has 8 aromatic carbocycles. The van der Waals surface area contributed by atoms with E-state index in [0.29, 0.717) is 0 Å². The van der Waals surface area contributed by atoms with Gasteiger partial charge in [0.2, 0.25) is 0 Å². The van der Waals surface area contributed by atoms with Crippen LogP contribution in [0.4, 0.5) is 28.4 Å². The summed E-state index contributed by atoms with van der Waals surface area (Å²) < 4.78 is 5.26. The van der Waals surface area contributed by atoms with Gasteiger partial charge in [0.1, 0.15) is 0 Å². The van der Waals surface area contributed by atoms with Crippen LogP contribution in [0.2, 0.25) is 0 Å². The van der Waals surface area contributed by atoms with Crippen LogP contribution in [0.1, 0.15) is 16.7 Å². The van der Waals surface area contributed by atoms with Gasteiger partial charge in [-0.3, -0.25) is 0 Å². The van der Waals surface area contributed by atoms with E-state index < -0.39 is 0 Å². The van der Waals surface area contributed by atoms with Crippen molar-refractivity contribution in [1.82, 2.24) is 0 Å². The zero-order valence-electron chi connectivity index (χ0n) is 30.4. The molecule has 56 heavy (non-hydrogen) atoms. The van der Waals surface area contributed by atoms with Crippen molar-refractivity contribution in [3.63, 3.8) is 0 Å². The lowest BCUT2D eigenvalue weighted by molar-refractivity contribution is 0.955. The number of hydrogen-bond donors (Lipinski definition) is 0. The van der Waals surface area contributed by atoms with Gasteiger partial charge in [0.05, 0.1) is 32.5 Å². The molecular formula is C52H34N2S2. The average molecular weight is 751 g/mol. The highest BCUT2D eigenvalue weighted by atomic mass is 32.1. The Morgan fingerprint density at radius 3 is 1.79 bits per heavy atom. The minimum atomic E-state index is 0.0145. The first-order valence-electron chi connectivity index (χ1n) is 19.3. The number of benzene rings is 8. The lowest BCUT2D eigenvalue weighted by atomic mass is 9.78. The zero-order chi connectivity index (χ0) is 36.7. The number of anilines is 5. The Hall–Kier alpha value is -6.46. The van der Waals surface area contributed by atoms with Gasteiger partial charge in [0.15, 0.2) is 0 Å². The van der Waals surface area contributed by atoms with E-state index in [1.165, 1.54) is 96.1 Å². The Morgan fingerprint density at radius 2 is 1.07 bits per heavy atom. The van der Waals surface area contributed by atoms with Crippen LogP contribution in [-0.2, 0) is 6.42 Å². The monoisotopic (exact) mass is 750 g/mol. The van der Waals surface area contributed by atoms with E-state index in [0.717, 1.165) is 12.1 Å². The Morgan fingerprint density at radius 1 is 0.464 bits per heavy atom. The van der Waals surface area contributed by atoms with Crippen LogP contribution in [0.15, 0.2) is 182 Å². The van der Waals surface area contributed by atoms with E-state index >= 15 is 0 Å². The highest BCUT2D eigenvalue weighted by Crippen LogP contribution is 2.51. The average Bonchev–Trinajstić information content (AvgIpc) is 3.84. The van der Waals surface area contributed by atoms with Gasteiger partial charge in [0, 0.05) is 47.7 Å². The van der Waals surface area contributed by atoms with E-state index in [2.05, 4.69) is 198 Å². The summed E-state index contributed by atoms with van der Waals surface area (Å²) in [6.45, 7) is 0. The first-order chi connectivity index (χ1) is 27.8. The predicted molar refractivity (Wildman–Crippen MR) is 244 cm³/mol. The van der Waals surface area contributed by atoms with Gasteiger partial charge in [-0.1, -0.05) is 133 Å². The third-order valence-electron chi connectivity index (χ3n) is 11.7. The molecule has 0 spiro atoms. The number of para-hydroxylation sites is 2. The first kappa shape index (κ1) is 31.8. The van der Waals surface area contributed by atoms with Gasteiger partial charge < -0.3 is 9.80 Å². The molecule has 2 aromatic heterocycles. The molecule has 0 saturated carbocycles. The predicted octanol–water partition coefficient (Wildman–Crippen LogP) is 15.2. The second-order valence-corrected chi connectivity index (χ2v) is 16.8. The topological polar surface area (TPSA) is 6.48 Å². The van der Waals surface area contributed by atoms with Crippen LogP contribution < -0.4 is 9.80 Å². The number of nitrogens with zero attached hydrogens (tertiary/aromatic N) is 2. The van der Waals surface area contributed by atoms with Crippen molar-refractivity contribution >= 4 is 114 Å². The van der Waals surface area contributed by atoms with Crippen molar-refractivity contribution in [3.8, 4) is 0 Å². The summed E-state index contributed by atoms with van der Waals surface area (Å²) in [4.78, 5) is 5.07. The van der Waals surface area contributed by atoms with Gasteiger partial charge in [-0.05, 0) is 88.7 Å². The zero-order valence-corrected chi connectivity index (χ0v) is 32.0. The Balaban J connectivity index is 1.07. The lowest BCUT2D eigenvalue weighted by Gasteiger charge is -2.38. The Bertz CT molecular complexity index is 3240. The minimum Gasteiger partial charge on any atom is -0.329 e. The molecule has 0 aliphatic heterocycles. The smallest absolute Gasteiger partial charge is 0.0782 e. The molecule has 12 rings (SSSR count). The molecule has 0 bridgehead atoms. The fourth-order valence-corrected chi connectivity index (χ4v) is 11.7. The summed E-state index contributed by atoms with van der Waals surface area (Å²) >= 11 is 3.78. The summed E-state index contributed by atoms with van der Waals surface area (Å²) in [6.07, 6.45) is 8.18. The van der Waals surface area contributed by atoms with Crippen LogP contribution in [0.5, 0.6) is 0 Å². The van der Waals surface area contributed by atoms with Crippen molar-refractivity contribution in [2.75, 3.05) is 9.80 Å². The molecule has 2 nitrogen and oxygen atoms in total. The van der Waals surface area contributed by atoms with Crippen LogP contribution >= 0.6 is 22.7 Å². The van der Waals surface area contributed by atoms with Gasteiger partial charge in [-0.15, -0.1) is 22.7 Å². The SMILES string of the molecule is C1=CC(N(c2ccccc2)c2cccc3c2sc2ccccc23)C2=CCc3ccc(N(c4ccccc4)c4cccc5c4sc4ccccc45)c4ccc1c2c34. The molecule has 264 valence electrons. The number of allylic oxidation sites excluding steroid dienone is 1. The van der Waals surface area contributed by atoms with Gasteiger partial charge in [0.25, 0.3) is 0 Å². The summed E-state index contributed by atoms with van der Waals surface area (Å²) in [5, 5.41) is 7.89. The van der Waals surface area contributed by atoms with Crippen LogP contribution in [0, 0.1) is 0 Å². The second kappa shape index (κ2) is 12.5. The highest BCUT2D eigenvalue weighted by Gasteiger charge is 2.33. The van der Waals surface area contributed by atoms with Gasteiger partial charge in [-0.25, -0.2) is 0 Å². The molecule has 0 saturated heterocycles. The van der Waals surface area contributed by atoms with E-state index in [1.807, 2.05) is 22.7 Å². The second-order valence-electron chi connectivity index (χ2n) is 14.7. The largest absolute Gasteiger partial charge is 0.329 e. The number of hydrogen-bond acceptors (Lipinski definition) is 4. The maximum atomic E-state index is 2.58. The van der Waals surface area contributed by atoms with Gasteiger partial charge in [-0.2, -0.15) is 0 Å². The molecule has 2 aliphatic rings. The van der Waals surface area contributed by atoms with E-state index in [-0.39, 0.29) is 6.04 Å². The molecule has 10 aromatic rings. The maximum Gasteiger partial charge on any atom is 0.0782 e. The van der Waals surface area contributed by atoms with E-state index in [1.54, 1.807) is 0 Å². The molecule has 0 N–H and O–H groups in total. The molecule has 1 atom stereocenters. The summed E-state index contributed by atoms with van der Waals surface area (Å²) in [6, 6.07) is 62.6. The van der Waals surface area contributed by atoms with Crippen molar-refractivity contribution < 1.29 is 0 Å². The lowest BCUT2D eigenvalue weighted by Crippen LogP contribution is -2.33. The fraction of sp³-hybridized carbons (Fsp3) is 0.0385. The van der Waals surface area contributed by atoms with Crippen LogP contribution in [0.3, 0.4) is 0 Å².